The highest BCUT2D eigenvalue weighted by Gasteiger charge is 2.44. The van der Waals surface area contributed by atoms with Crippen molar-refractivity contribution in [1.29, 1.82) is 0 Å². The van der Waals surface area contributed by atoms with Crippen LogP contribution in [0.25, 0.3) is 0 Å². The number of carbonyl (C=O) groups is 1. The molecule has 0 saturated heterocycles. The van der Waals surface area contributed by atoms with Crippen LogP contribution in [0.1, 0.15) is 31.2 Å². The maximum Gasteiger partial charge on any atom is 0.314 e. The lowest BCUT2D eigenvalue weighted by Crippen LogP contribution is -2.33. The molecule has 0 spiro atoms. The number of aliphatic carboxylic acids is 1. The number of halogens is 3. The molecule has 1 aliphatic carbocycles. The summed E-state index contributed by atoms with van der Waals surface area (Å²) in [7, 11) is 0. The van der Waals surface area contributed by atoms with E-state index in [0.717, 1.165) is 12.8 Å². The molecule has 1 aromatic rings. The number of hydrogen-bond acceptors (Lipinski definition) is 1. The second kappa shape index (κ2) is 4.58. The third kappa shape index (κ3) is 1.97. The summed E-state index contributed by atoms with van der Waals surface area (Å²) in [6, 6.07) is 3.12. The molecule has 2 rings (SSSR count). The predicted octanol–water partition coefficient (Wildman–Crippen LogP) is 4.14. The molecule has 0 aromatic heterocycles. The van der Waals surface area contributed by atoms with E-state index in [4.69, 9.17) is 11.6 Å². The van der Waals surface area contributed by atoms with Gasteiger partial charge in [-0.05, 0) is 40.4 Å². The number of benzene rings is 1. The first-order valence-electron chi connectivity index (χ1n) is 5.36. The molecular weight excluding hydrogens is 310 g/mol. The van der Waals surface area contributed by atoms with E-state index < -0.39 is 17.2 Å². The fourth-order valence-electron chi connectivity index (χ4n) is 2.47. The summed E-state index contributed by atoms with van der Waals surface area (Å²) in [5, 5.41) is 9.33. The number of rotatable bonds is 2. The zero-order valence-electron chi connectivity index (χ0n) is 8.97. The molecule has 1 N–H and O–H groups in total. The summed E-state index contributed by atoms with van der Waals surface area (Å²) in [5.74, 6) is -1.50. The van der Waals surface area contributed by atoms with Crippen molar-refractivity contribution in [1.82, 2.24) is 0 Å². The lowest BCUT2D eigenvalue weighted by molar-refractivity contribution is -0.143. The molecule has 0 atom stereocenters. The van der Waals surface area contributed by atoms with E-state index in [2.05, 4.69) is 15.9 Å². The lowest BCUT2D eigenvalue weighted by atomic mass is 9.79. The standard InChI is InChI=1S/C12H11BrClFO2/c13-8-4-3-7(9(14)10(8)15)12(11(16)17)5-1-2-6-12/h3-4H,1-2,5-6H2,(H,16,17). The quantitative estimate of drug-likeness (QED) is 0.831. The fraction of sp³-hybridized carbons (Fsp3) is 0.417. The molecule has 0 bridgehead atoms. The Balaban J connectivity index is 2.59. The molecule has 1 aromatic carbocycles. The highest BCUT2D eigenvalue weighted by atomic mass is 79.9. The van der Waals surface area contributed by atoms with Crippen molar-refractivity contribution in [3.63, 3.8) is 0 Å². The Kier molecular flexibility index (Phi) is 3.46. The van der Waals surface area contributed by atoms with E-state index in [9.17, 15) is 14.3 Å². The van der Waals surface area contributed by atoms with Crippen molar-refractivity contribution in [2.45, 2.75) is 31.1 Å². The van der Waals surface area contributed by atoms with Gasteiger partial charge >= 0.3 is 5.97 Å². The van der Waals surface area contributed by atoms with Crippen LogP contribution >= 0.6 is 27.5 Å². The minimum absolute atomic E-state index is 0.0799. The summed E-state index contributed by atoms with van der Waals surface area (Å²) < 4.78 is 14.0. The van der Waals surface area contributed by atoms with E-state index in [1.54, 1.807) is 6.07 Å². The van der Waals surface area contributed by atoms with Crippen molar-refractivity contribution < 1.29 is 14.3 Å². The van der Waals surface area contributed by atoms with Gasteiger partial charge in [0.2, 0.25) is 0 Å². The van der Waals surface area contributed by atoms with Gasteiger partial charge in [0.1, 0.15) is 0 Å². The SMILES string of the molecule is O=C(O)C1(c2ccc(Br)c(F)c2Cl)CCCC1. The van der Waals surface area contributed by atoms with Gasteiger partial charge in [0.15, 0.2) is 5.82 Å². The lowest BCUT2D eigenvalue weighted by Gasteiger charge is -2.25. The maximum atomic E-state index is 13.7. The molecule has 0 unspecified atom stereocenters. The van der Waals surface area contributed by atoms with E-state index in [1.165, 1.54) is 6.07 Å². The van der Waals surface area contributed by atoms with Gasteiger partial charge in [-0.25, -0.2) is 4.39 Å². The first-order chi connectivity index (χ1) is 7.99. The largest absolute Gasteiger partial charge is 0.481 e. The van der Waals surface area contributed by atoms with Crippen LogP contribution in [-0.4, -0.2) is 11.1 Å². The molecule has 0 aliphatic heterocycles. The average Bonchev–Trinajstić information content (AvgIpc) is 2.76. The zero-order chi connectivity index (χ0) is 12.6. The van der Waals surface area contributed by atoms with E-state index >= 15 is 0 Å². The van der Waals surface area contributed by atoms with Crippen LogP contribution in [0.3, 0.4) is 0 Å². The van der Waals surface area contributed by atoms with Crippen LogP contribution in [0.15, 0.2) is 16.6 Å². The summed E-state index contributed by atoms with van der Waals surface area (Å²) in [6.45, 7) is 0. The van der Waals surface area contributed by atoms with Crippen molar-refractivity contribution in [2.24, 2.45) is 0 Å². The van der Waals surface area contributed by atoms with Gasteiger partial charge in [0.25, 0.3) is 0 Å². The molecule has 1 aliphatic rings. The van der Waals surface area contributed by atoms with Crippen LogP contribution in [0.4, 0.5) is 4.39 Å². The van der Waals surface area contributed by atoms with Crippen LogP contribution < -0.4 is 0 Å². The molecule has 2 nitrogen and oxygen atoms in total. The Bertz CT molecular complexity index is 470. The Morgan fingerprint density at radius 2 is 2.00 bits per heavy atom. The van der Waals surface area contributed by atoms with Gasteiger partial charge in [-0.3, -0.25) is 4.79 Å². The second-order valence-corrected chi connectivity index (χ2v) is 5.55. The Morgan fingerprint density at radius 1 is 1.41 bits per heavy atom. The molecule has 1 fully saturated rings. The summed E-state index contributed by atoms with van der Waals surface area (Å²) in [5.41, 5.74) is -0.622. The number of hydrogen-bond donors (Lipinski definition) is 1. The minimum Gasteiger partial charge on any atom is -0.481 e. The third-order valence-electron chi connectivity index (χ3n) is 3.42. The van der Waals surface area contributed by atoms with Crippen LogP contribution in [0.5, 0.6) is 0 Å². The second-order valence-electron chi connectivity index (χ2n) is 4.32. The van der Waals surface area contributed by atoms with Gasteiger partial charge in [-0.1, -0.05) is 30.5 Å². The Labute approximate surface area is 112 Å². The summed E-state index contributed by atoms with van der Waals surface area (Å²) in [6.07, 6.45) is 2.70. The van der Waals surface area contributed by atoms with Crippen LogP contribution in [0, 0.1) is 5.82 Å². The molecule has 1 saturated carbocycles. The first-order valence-corrected chi connectivity index (χ1v) is 6.53. The number of carboxylic acids is 1. The molecule has 17 heavy (non-hydrogen) atoms. The number of carboxylic acid groups (broad SMARTS) is 1. The molecule has 5 heteroatoms. The average molecular weight is 322 g/mol. The monoisotopic (exact) mass is 320 g/mol. The minimum atomic E-state index is -1.02. The van der Waals surface area contributed by atoms with Crippen molar-refractivity contribution in [3.05, 3.63) is 33.0 Å². The highest BCUT2D eigenvalue weighted by Crippen LogP contribution is 2.45. The fourth-order valence-corrected chi connectivity index (χ4v) is 3.26. The van der Waals surface area contributed by atoms with Crippen LogP contribution in [-0.2, 0) is 10.2 Å². The smallest absolute Gasteiger partial charge is 0.314 e. The van der Waals surface area contributed by atoms with Gasteiger partial charge in [0, 0.05) is 0 Å². The maximum absolute atomic E-state index is 13.7. The molecular formula is C12H11BrClFO2. The third-order valence-corrected chi connectivity index (χ3v) is 4.40. The molecule has 0 heterocycles. The highest BCUT2D eigenvalue weighted by molar-refractivity contribution is 9.10. The van der Waals surface area contributed by atoms with Crippen LogP contribution in [0.2, 0.25) is 5.02 Å². The zero-order valence-corrected chi connectivity index (χ0v) is 11.3. The van der Waals surface area contributed by atoms with E-state index in [-0.39, 0.29) is 9.50 Å². The first kappa shape index (κ1) is 12.8. The Morgan fingerprint density at radius 3 is 2.53 bits per heavy atom. The van der Waals surface area contributed by atoms with Gasteiger partial charge in [-0.15, -0.1) is 0 Å². The van der Waals surface area contributed by atoms with Gasteiger partial charge in [0.05, 0.1) is 14.9 Å². The summed E-state index contributed by atoms with van der Waals surface area (Å²) in [4.78, 5) is 11.5. The van der Waals surface area contributed by atoms with Crippen molar-refractivity contribution >= 4 is 33.5 Å². The van der Waals surface area contributed by atoms with E-state index in [0.29, 0.717) is 18.4 Å². The van der Waals surface area contributed by atoms with E-state index in [1.807, 2.05) is 0 Å². The molecule has 92 valence electrons. The summed E-state index contributed by atoms with van der Waals surface area (Å²) >= 11 is 8.98. The van der Waals surface area contributed by atoms with Gasteiger partial charge in [-0.2, -0.15) is 0 Å². The predicted molar refractivity (Wildman–Crippen MR) is 66.9 cm³/mol. The van der Waals surface area contributed by atoms with Gasteiger partial charge < -0.3 is 5.11 Å². The Hall–Kier alpha value is -0.610. The van der Waals surface area contributed by atoms with Crippen molar-refractivity contribution in [2.75, 3.05) is 0 Å². The molecule has 0 amide bonds. The molecule has 0 radical (unpaired) electrons. The normalized spacial score (nSPS) is 18.3. The topological polar surface area (TPSA) is 37.3 Å². The van der Waals surface area contributed by atoms with Crippen molar-refractivity contribution in [3.8, 4) is 0 Å².